The van der Waals surface area contributed by atoms with Crippen molar-refractivity contribution in [2.45, 2.75) is 40.7 Å². The molecule has 7 heteroatoms. The van der Waals surface area contributed by atoms with Crippen molar-refractivity contribution in [2.24, 2.45) is 0 Å². The average Bonchev–Trinajstić information content (AvgIpc) is 2.67. The van der Waals surface area contributed by atoms with Crippen molar-refractivity contribution in [3.05, 3.63) is 70.4 Å². The van der Waals surface area contributed by atoms with E-state index in [1.807, 2.05) is 49.9 Å². The molecule has 0 saturated carbocycles. The Morgan fingerprint density at radius 3 is 2.26 bits per heavy atom. The zero-order valence-corrected chi connectivity index (χ0v) is 19.2. The maximum atomic E-state index is 13.0. The first-order valence-corrected chi connectivity index (χ1v) is 10.6. The Kier molecular flexibility index (Phi) is 6.75. The number of allylic oxidation sites excluding steroid dienone is 1. The Labute approximate surface area is 188 Å². The molecule has 0 bridgehead atoms. The van der Waals surface area contributed by atoms with Crippen molar-refractivity contribution in [2.75, 3.05) is 16.8 Å². The molecule has 0 spiro atoms. The molecular formula is C24H27N3O3S. The van der Waals surface area contributed by atoms with Gasteiger partial charge in [-0.15, -0.1) is 0 Å². The summed E-state index contributed by atoms with van der Waals surface area (Å²) in [5.74, 6) is -0.530. The Hall–Kier alpha value is -3.19. The van der Waals surface area contributed by atoms with Gasteiger partial charge in [0.2, 0.25) is 5.91 Å². The number of anilines is 2. The molecule has 1 unspecified atom stereocenters. The lowest BCUT2D eigenvalue weighted by molar-refractivity contribution is -0.139. The van der Waals surface area contributed by atoms with Gasteiger partial charge in [-0.2, -0.15) is 0 Å². The van der Waals surface area contributed by atoms with Crippen LogP contribution in [0.4, 0.5) is 11.4 Å². The molecule has 6 nitrogen and oxygen atoms in total. The summed E-state index contributed by atoms with van der Waals surface area (Å²) in [7, 11) is 0. The van der Waals surface area contributed by atoms with Crippen LogP contribution in [0, 0.1) is 13.8 Å². The Bertz CT molecular complexity index is 1040. The number of hydrogen-bond acceptors (Lipinski definition) is 4. The molecule has 162 valence electrons. The van der Waals surface area contributed by atoms with Crippen molar-refractivity contribution >= 4 is 40.6 Å². The molecule has 2 aromatic rings. The van der Waals surface area contributed by atoms with Crippen LogP contribution in [0.2, 0.25) is 0 Å². The molecule has 31 heavy (non-hydrogen) atoms. The van der Waals surface area contributed by atoms with E-state index in [2.05, 4.69) is 16.7 Å². The summed E-state index contributed by atoms with van der Waals surface area (Å²) in [6, 6.07) is 13.0. The molecule has 1 aliphatic heterocycles. The predicted molar refractivity (Wildman–Crippen MR) is 127 cm³/mol. The van der Waals surface area contributed by atoms with E-state index in [-0.39, 0.29) is 18.5 Å². The maximum absolute atomic E-state index is 13.0. The highest BCUT2D eigenvalue weighted by atomic mass is 32.1. The highest BCUT2D eigenvalue weighted by Crippen LogP contribution is 2.35. The first-order valence-electron chi connectivity index (χ1n) is 10.2. The predicted octanol–water partition coefficient (Wildman–Crippen LogP) is 4.53. The van der Waals surface area contributed by atoms with Gasteiger partial charge in [-0.1, -0.05) is 18.2 Å². The highest BCUT2D eigenvalue weighted by Gasteiger charge is 2.35. The van der Waals surface area contributed by atoms with Gasteiger partial charge in [-0.25, -0.2) is 4.79 Å². The molecule has 0 aromatic heterocycles. The third-order valence-corrected chi connectivity index (χ3v) is 5.31. The van der Waals surface area contributed by atoms with Crippen LogP contribution < -0.4 is 15.5 Å². The van der Waals surface area contributed by atoms with Crippen molar-refractivity contribution < 1.29 is 14.3 Å². The Balaban J connectivity index is 2.08. The second-order valence-electron chi connectivity index (χ2n) is 7.59. The molecular weight excluding hydrogens is 410 g/mol. The molecule has 0 saturated heterocycles. The van der Waals surface area contributed by atoms with Gasteiger partial charge in [0, 0.05) is 24.0 Å². The number of thiocarbonyl (C=S) groups is 1. The van der Waals surface area contributed by atoms with Gasteiger partial charge in [-0.05, 0) is 80.9 Å². The fraction of sp³-hybridized carbons (Fsp3) is 0.292. The zero-order chi connectivity index (χ0) is 22.7. The van der Waals surface area contributed by atoms with Crippen LogP contribution in [0.3, 0.4) is 0 Å². The summed E-state index contributed by atoms with van der Waals surface area (Å²) in [4.78, 5) is 26.2. The van der Waals surface area contributed by atoms with Crippen LogP contribution in [0.25, 0.3) is 0 Å². The fourth-order valence-electron chi connectivity index (χ4n) is 3.82. The number of esters is 1. The van der Waals surface area contributed by atoms with E-state index < -0.39 is 6.04 Å². The lowest BCUT2D eigenvalue weighted by Crippen LogP contribution is -2.48. The van der Waals surface area contributed by atoms with E-state index in [1.165, 1.54) is 6.92 Å². The number of aryl methyl sites for hydroxylation is 2. The van der Waals surface area contributed by atoms with Crippen LogP contribution in [-0.2, 0) is 14.3 Å². The zero-order valence-electron chi connectivity index (χ0n) is 18.4. The first-order chi connectivity index (χ1) is 14.7. The van der Waals surface area contributed by atoms with Crippen LogP contribution >= 0.6 is 12.2 Å². The van der Waals surface area contributed by atoms with Gasteiger partial charge < -0.3 is 15.4 Å². The largest absolute Gasteiger partial charge is 0.463 e. The third kappa shape index (κ3) is 4.94. The monoisotopic (exact) mass is 437 g/mol. The maximum Gasteiger partial charge on any atom is 0.338 e. The normalized spacial score (nSPS) is 16.1. The second-order valence-corrected chi connectivity index (χ2v) is 7.97. The molecule has 1 aliphatic rings. The van der Waals surface area contributed by atoms with Crippen LogP contribution in [0.5, 0.6) is 0 Å². The van der Waals surface area contributed by atoms with E-state index in [9.17, 15) is 9.59 Å². The Morgan fingerprint density at radius 1 is 1.10 bits per heavy atom. The van der Waals surface area contributed by atoms with Crippen molar-refractivity contribution in [1.82, 2.24) is 5.32 Å². The second kappa shape index (κ2) is 9.31. The minimum absolute atomic E-state index is 0.142. The fourth-order valence-corrected chi connectivity index (χ4v) is 4.18. The van der Waals surface area contributed by atoms with Crippen molar-refractivity contribution in [3.8, 4) is 0 Å². The quantitative estimate of drug-likeness (QED) is 0.529. The summed E-state index contributed by atoms with van der Waals surface area (Å²) in [6.07, 6.45) is 0. The molecule has 1 amide bonds. The van der Waals surface area contributed by atoms with Crippen molar-refractivity contribution in [1.29, 1.82) is 0 Å². The molecule has 2 aromatic carbocycles. The number of rotatable bonds is 5. The smallest absolute Gasteiger partial charge is 0.338 e. The minimum atomic E-state index is -0.458. The van der Waals surface area contributed by atoms with Gasteiger partial charge in [-0.3, -0.25) is 9.69 Å². The highest BCUT2D eigenvalue weighted by molar-refractivity contribution is 7.80. The molecule has 3 rings (SSSR count). The first kappa shape index (κ1) is 22.5. The number of carbonyl (C=O) groups is 2. The van der Waals surface area contributed by atoms with Crippen LogP contribution in [0.1, 0.15) is 43.5 Å². The average molecular weight is 438 g/mol. The molecule has 0 fully saturated rings. The van der Waals surface area contributed by atoms with Crippen LogP contribution in [0.15, 0.2) is 53.7 Å². The van der Waals surface area contributed by atoms with E-state index in [0.29, 0.717) is 16.4 Å². The summed E-state index contributed by atoms with van der Waals surface area (Å²) < 4.78 is 5.38. The standard InChI is InChI=1S/C24H27N3O3S/c1-6-30-23(29)21-16(4)27(20-12-14(2)11-15(3)13-20)24(31)26-22(21)18-7-9-19(10-8-18)25-17(5)28/h7-13,22H,6H2,1-5H3,(H,25,28)(H,26,31). The molecule has 1 heterocycles. The lowest BCUT2D eigenvalue weighted by atomic mass is 9.94. The van der Waals surface area contributed by atoms with E-state index in [4.69, 9.17) is 17.0 Å². The number of amides is 1. The van der Waals surface area contributed by atoms with Crippen molar-refractivity contribution in [3.63, 3.8) is 0 Å². The minimum Gasteiger partial charge on any atom is -0.463 e. The summed E-state index contributed by atoms with van der Waals surface area (Å²) in [5, 5.41) is 6.57. The number of benzene rings is 2. The summed E-state index contributed by atoms with van der Waals surface area (Å²) in [6.45, 7) is 9.46. The number of nitrogens with zero attached hydrogens (tertiary/aromatic N) is 1. The van der Waals surface area contributed by atoms with Gasteiger partial charge in [0.05, 0.1) is 18.2 Å². The number of nitrogens with one attached hydrogen (secondary N) is 2. The van der Waals surface area contributed by atoms with Gasteiger partial charge >= 0.3 is 5.97 Å². The molecule has 2 N–H and O–H groups in total. The van der Waals surface area contributed by atoms with E-state index >= 15 is 0 Å². The number of ether oxygens (including phenoxy) is 1. The lowest BCUT2D eigenvalue weighted by Gasteiger charge is -2.37. The molecule has 0 aliphatic carbocycles. The number of hydrogen-bond donors (Lipinski definition) is 2. The van der Waals surface area contributed by atoms with E-state index in [1.54, 1.807) is 19.1 Å². The topological polar surface area (TPSA) is 70.7 Å². The summed E-state index contributed by atoms with van der Waals surface area (Å²) >= 11 is 5.71. The van der Waals surface area contributed by atoms with Gasteiger partial charge in [0.15, 0.2) is 5.11 Å². The Morgan fingerprint density at radius 2 is 1.71 bits per heavy atom. The molecule has 1 atom stereocenters. The SMILES string of the molecule is CCOC(=O)C1=C(C)N(c2cc(C)cc(C)c2)C(=S)NC1c1ccc(NC(C)=O)cc1. The van der Waals surface area contributed by atoms with Crippen LogP contribution in [-0.4, -0.2) is 23.6 Å². The van der Waals surface area contributed by atoms with Gasteiger partial charge in [0.1, 0.15) is 0 Å². The molecule has 0 radical (unpaired) electrons. The third-order valence-electron chi connectivity index (χ3n) is 5.01. The summed E-state index contributed by atoms with van der Waals surface area (Å²) in [5.41, 5.74) is 5.88. The van der Waals surface area contributed by atoms with E-state index in [0.717, 1.165) is 28.1 Å². The number of carbonyl (C=O) groups excluding carboxylic acids is 2. The van der Waals surface area contributed by atoms with Gasteiger partial charge in [0.25, 0.3) is 0 Å².